The Bertz CT molecular complexity index is 3330. The van der Waals surface area contributed by atoms with Crippen LogP contribution in [0.15, 0.2) is 215 Å². The van der Waals surface area contributed by atoms with Gasteiger partial charge >= 0.3 is 0 Å². The Balaban J connectivity index is 1.07. The standard InChI is InChI=1S/C55H34O2/c1-4-14-35(15-5-1)39-32-44(36-16-6-2-7-17-36)54-48(33-39)46-31-38(25-28-53(46)57-54)37-24-27-50-45(30-37)42-20-10-12-22-49(42)55(50,40-18-8-3-9-19-40)41-26-29-52-47(34-41)43-21-11-13-23-51(43)56-52/h1-34H. The highest BCUT2D eigenvalue weighted by Crippen LogP contribution is 2.57. The summed E-state index contributed by atoms with van der Waals surface area (Å²) in [6, 6.07) is 74.6. The maximum absolute atomic E-state index is 6.71. The van der Waals surface area contributed by atoms with E-state index in [1.807, 2.05) is 6.07 Å². The minimum absolute atomic E-state index is 0.523. The highest BCUT2D eigenvalue weighted by molar-refractivity contribution is 6.12. The Morgan fingerprint density at radius 1 is 0.281 bits per heavy atom. The molecule has 0 saturated carbocycles. The predicted molar refractivity (Wildman–Crippen MR) is 235 cm³/mol. The maximum Gasteiger partial charge on any atom is 0.143 e. The molecule has 2 nitrogen and oxygen atoms in total. The SMILES string of the molecule is c1ccc(-c2cc(-c3ccccc3)c3oc4ccc(-c5ccc6c(c5)-c5ccccc5C6(c5ccccc5)c5ccc6oc7ccccc7c6c5)cc4c3c2)cc1. The van der Waals surface area contributed by atoms with Crippen molar-refractivity contribution >= 4 is 43.9 Å². The third-order valence-corrected chi connectivity index (χ3v) is 12.2. The zero-order chi connectivity index (χ0) is 37.5. The first kappa shape index (κ1) is 31.9. The molecule has 2 heterocycles. The summed E-state index contributed by atoms with van der Waals surface area (Å²) in [5.41, 5.74) is 17.5. The molecular weight excluding hydrogens is 693 g/mol. The molecule has 57 heavy (non-hydrogen) atoms. The minimum Gasteiger partial charge on any atom is -0.456 e. The summed E-state index contributed by atoms with van der Waals surface area (Å²) >= 11 is 0. The predicted octanol–water partition coefficient (Wildman–Crippen LogP) is 14.8. The van der Waals surface area contributed by atoms with Crippen molar-refractivity contribution in [3.8, 4) is 44.5 Å². The number of hydrogen-bond acceptors (Lipinski definition) is 2. The molecule has 0 aliphatic heterocycles. The lowest BCUT2D eigenvalue weighted by molar-refractivity contribution is 0.668. The Hall–Kier alpha value is -7.42. The van der Waals surface area contributed by atoms with Crippen molar-refractivity contribution in [1.29, 1.82) is 0 Å². The van der Waals surface area contributed by atoms with Gasteiger partial charge in [-0.3, -0.25) is 0 Å². The summed E-state index contributed by atoms with van der Waals surface area (Å²) in [7, 11) is 0. The molecule has 0 amide bonds. The van der Waals surface area contributed by atoms with Crippen LogP contribution in [0.4, 0.5) is 0 Å². The van der Waals surface area contributed by atoms with Crippen molar-refractivity contribution in [1.82, 2.24) is 0 Å². The second kappa shape index (κ2) is 12.3. The van der Waals surface area contributed by atoms with Gasteiger partial charge in [-0.05, 0) is 110 Å². The fraction of sp³-hybridized carbons (Fsp3) is 0.0182. The lowest BCUT2D eigenvalue weighted by atomic mass is 9.67. The van der Waals surface area contributed by atoms with Crippen molar-refractivity contribution in [2.24, 2.45) is 0 Å². The number of furan rings is 2. The molecule has 1 atom stereocenters. The second-order valence-electron chi connectivity index (χ2n) is 15.2. The highest BCUT2D eigenvalue weighted by Gasteiger charge is 2.46. The molecule has 0 bridgehead atoms. The van der Waals surface area contributed by atoms with E-state index in [1.54, 1.807) is 0 Å². The molecule has 1 aliphatic carbocycles. The van der Waals surface area contributed by atoms with E-state index in [0.29, 0.717) is 0 Å². The average molecular weight is 727 g/mol. The molecule has 0 radical (unpaired) electrons. The molecule has 9 aromatic carbocycles. The van der Waals surface area contributed by atoms with Crippen LogP contribution in [0.2, 0.25) is 0 Å². The van der Waals surface area contributed by atoms with E-state index < -0.39 is 5.41 Å². The Morgan fingerprint density at radius 3 is 1.70 bits per heavy atom. The fourth-order valence-corrected chi connectivity index (χ4v) is 9.59. The Kier molecular flexibility index (Phi) is 6.88. The average Bonchev–Trinajstić information content (AvgIpc) is 3.94. The summed E-state index contributed by atoms with van der Waals surface area (Å²) in [5, 5.41) is 4.49. The second-order valence-corrected chi connectivity index (χ2v) is 15.2. The Morgan fingerprint density at radius 2 is 0.860 bits per heavy atom. The molecule has 11 aromatic rings. The molecule has 2 heteroatoms. The fourth-order valence-electron chi connectivity index (χ4n) is 9.59. The van der Waals surface area contributed by atoms with Crippen molar-refractivity contribution in [3.05, 3.63) is 229 Å². The van der Waals surface area contributed by atoms with Crippen LogP contribution in [0.3, 0.4) is 0 Å². The van der Waals surface area contributed by atoms with Gasteiger partial charge in [0.05, 0.1) is 5.41 Å². The van der Waals surface area contributed by atoms with Gasteiger partial charge in [0.25, 0.3) is 0 Å². The van der Waals surface area contributed by atoms with Gasteiger partial charge in [-0.25, -0.2) is 0 Å². The molecule has 1 aliphatic rings. The van der Waals surface area contributed by atoms with Crippen LogP contribution in [0.5, 0.6) is 0 Å². The van der Waals surface area contributed by atoms with Gasteiger partial charge in [0.15, 0.2) is 0 Å². The number of benzene rings is 9. The van der Waals surface area contributed by atoms with Crippen molar-refractivity contribution in [3.63, 3.8) is 0 Å². The summed E-state index contributed by atoms with van der Waals surface area (Å²) in [4.78, 5) is 0. The first-order chi connectivity index (χ1) is 28.2. The molecular formula is C55H34O2. The molecule has 12 rings (SSSR count). The van der Waals surface area contributed by atoms with E-state index in [2.05, 4.69) is 200 Å². The molecule has 1 unspecified atom stereocenters. The topological polar surface area (TPSA) is 26.3 Å². The van der Waals surface area contributed by atoms with Gasteiger partial charge in [-0.1, -0.05) is 158 Å². The summed E-state index contributed by atoms with van der Waals surface area (Å²) in [6.45, 7) is 0. The third kappa shape index (κ3) is 4.71. The number of para-hydroxylation sites is 1. The number of hydrogen-bond donors (Lipinski definition) is 0. The van der Waals surface area contributed by atoms with E-state index >= 15 is 0 Å². The normalized spacial score (nSPS) is 14.7. The molecule has 0 fully saturated rings. The zero-order valence-electron chi connectivity index (χ0n) is 30.9. The van der Waals surface area contributed by atoms with Gasteiger partial charge in [0, 0.05) is 27.1 Å². The monoisotopic (exact) mass is 726 g/mol. The van der Waals surface area contributed by atoms with Crippen LogP contribution in [0.25, 0.3) is 88.4 Å². The van der Waals surface area contributed by atoms with Crippen molar-refractivity contribution in [2.45, 2.75) is 5.41 Å². The van der Waals surface area contributed by atoms with Crippen LogP contribution in [-0.4, -0.2) is 0 Å². The quantitative estimate of drug-likeness (QED) is 0.176. The van der Waals surface area contributed by atoms with Crippen LogP contribution in [-0.2, 0) is 5.41 Å². The van der Waals surface area contributed by atoms with Crippen LogP contribution >= 0.6 is 0 Å². The zero-order valence-corrected chi connectivity index (χ0v) is 30.9. The Labute approximate surface area is 329 Å². The van der Waals surface area contributed by atoms with Gasteiger partial charge in [0.2, 0.25) is 0 Å². The van der Waals surface area contributed by atoms with E-state index in [4.69, 9.17) is 8.83 Å². The van der Waals surface area contributed by atoms with Crippen LogP contribution in [0.1, 0.15) is 22.3 Å². The van der Waals surface area contributed by atoms with E-state index in [1.165, 1.54) is 50.1 Å². The van der Waals surface area contributed by atoms with Crippen LogP contribution in [0, 0.1) is 0 Å². The molecule has 0 saturated heterocycles. The summed E-state index contributed by atoms with van der Waals surface area (Å²) in [5.74, 6) is 0. The molecule has 2 aromatic heterocycles. The van der Waals surface area contributed by atoms with Gasteiger partial charge in [-0.15, -0.1) is 0 Å². The van der Waals surface area contributed by atoms with Crippen LogP contribution < -0.4 is 0 Å². The highest BCUT2D eigenvalue weighted by atomic mass is 16.3. The number of rotatable bonds is 5. The minimum atomic E-state index is -0.523. The van der Waals surface area contributed by atoms with Crippen molar-refractivity contribution in [2.75, 3.05) is 0 Å². The summed E-state index contributed by atoms with van der Waals surface area (Å²) < 4.78 is 13.0. The van der Waals surface area contributed by atoms with E-state index in [9.17, 15) is 0 Å². The molecule has 0 spiro atoms. The largest absolute Gasteiger partial charge is 0.456 e. The van der Waals surface area contributed by atoms with E-state index in [0.717, 1.165) is 60.6 Å². The lowest BCUT2D eigenvalue weighted by Crippen LogP contribution is -2.28. The maximum atomic E-state index is 6.71. The number of fused-ring (bicyclic) bond motifs is 9. The molecule has 0 N–H and O–H groups in total. The van der Waals surface area contributed by atoms with Gasteiger partial charge < -0.3 is 8.83 Å². The van der Waals surface area contributed by atoms with Gasteiger partial charge in [0.1, 0.15) is 22.3 Å². The van der Waals surface area contributed by atoms with Gasteiger partial charge in [-0.2, -0.15) is 0 Å². The smallest absolute Gasteiger partial charge is 0.143 e. The molecule has 266 valence electrons. The summed E-state index contributed by atoms with van der Waals surface area (Å²) in [6.07, 6.45) is 0. The lowest BCUT2D eigenvalue weighted by Gasteiger charge is -2.34. The van der Waals surface area contributed by atoms with Crippen molar-refractivity contribution < 1.29 is 8.83 Å². The van der Waals surface area contributed by atoms with E-state index in [-0.39, 0.29) is 0 Å². The first-order valence-electron chi connectivity index (χ1n) is 19.6. The third-order valence-electron chi connectivity index (χ3n) is 12.2. The first-order valence-corrected chi connectivity index (χ1v) is 19.6.